The van der Waals surface area contributed by atoms with E-state index in [1.807, 2.05) is 0 Å². The van der Waals surface area contributed by atoms with E-state index >= 15 is 0 Å². The van der Waals surface area contributed by atoms with Crippen molar-refractivity contribution in [3.63, 3.8) is 0 Å². The summed E-state index contributed by atoms with van der Waals surface area (Å²) in [6.07, 6.45) is 0. The van der Waals surface area contributed by atoms with Crippen LogP contribution >= 0.6 is 0 Å². The molecule has 0 aromatic heterocycles. The van der Waals surface area contributed by atoms with Crippen molar-refractivity contribution < 1.29 is 0 Å². The minimum atomic E-state index is -1.89. The standard InChI is InChI=1S/2C30H39Ge/c2*1-28(2,3)22-10-16-25(17-11-22)31(26-18-12-23(13-19-26)29(4,5)6)27-20-14-24(15-21-27)30(7,8)9/h2*10-21H,1-9H3. The van der Waals surface area contributed by atoms with E-state index in [4.69, 9.17) is 0 Å². The second kappa shape index (κ2) is 18.9. The summed E-state index contributed by atoms with van der Waals surface area (Å²) in [5.74, 6) is 0. The van der Waals surface area contributed by atoms with E-state index in [9.17, 15) is 0 Å². The Morgan fingerprint density at radius 3 is 0.355 bits per heavy atom. The molecule has 0 amide bonds. The Morgan fingerprint density at radius 1 is 0.177 bits per heavy atom. The molecule has 6 aromatic rings. The average molecular weight is 945 g/mol. The van der Waals surface area contributed by atoms with E-state index in [-0.39, 0.29) is 32.5 Å². The first-order valence-corrected chi connectivity index (χ1v) is 29.2. The molecule has 0 saturated heterocycles. The van der Waals surface area contributed by atoms with Gasteiger partial charge in [-0.15, -0.1) is 0 Å². The third-order valence-corrected chi connectivity index (χ3v) is 23.7. The van der Waals surface area contributed by atoms with Crippen LogP contribution in [-0.4, -0.2) is 28.7 Å². The summed E-state index contributed by atoms with van der Waals surface area (Å²) in [5, 5.41) is 0. The van der Waals surface area contributed by atoms with Gasteiger partial charge in [0.2, 0.25) is 0 Å². The first kappa shape index (κ1) is 49.4. The predicted octanol–water partition coefficient (Wildman–Crippen LogP) is 12.2. The Hall–Kier alpha value is -3.59. The zero-order chi connectivity index (χ0) is 46.1. The maximum absolute atomic E-state index is 2.39. The van der Waals surface area contributed by atoms with Gasteiger partial charge in [0.15, 0.2) is 0 Å². The molecule has 0 atom stereocenters. The van der Waals surface area contributed by atoms with Gasteiger partial charge < -0.3 is 0 Å². The van der Waals surface area contributed by atoms with E-state index in [1.165, 1.54) is 59.8 Å². The van der Waals surface area contributed by atoms with Gasteiger partial charge in [-0.05, 0) is 0 Å². The van der Waals surface area contributed by atoms with Crippen LogP contribution in [0.5, 0.6) is 0 Å². The van der Waals surface area contributed by atoms with Crippen molar-refractivity contribution in [2.24, 2.45) is 0 Å². The van der Waals surface area contributed by atoms with Gasteiger partial charge in [-0.25, -0.2) is 0 Å². The van der Waals surface area contributed by atoms with Gasteiger partial charge in [0.25, 0.3) is 0 Å². The van der Waals surface area contributed by atoms with Crippen molar-refractivity contribution in [1.82, 2.24) is 0 Å². The van der Waals surface area contributed by atoms with Crippen LogP contribution in [0.4, 0.5) is 0 Å². The van der Waals surface area contributed by atoms with Crippen molar-refractivity contribution in [2.45, 2.75) is 157 Å². The second-order valence-corrected chi connectivity index (χ2v) is 34.1. The van der Waals surface area contributed by atoms with Crippen LogP contribution in [0.3, 0.4) is 0 Å². The molecule has 62 heavy (non-hydrogen) atoms. The van der Waals surface area contributed by atoms with Crippen molar-refractivity contribution >= 4 is 55.1 Å². The topological polar surface area (TPSA) is 0 Å². The molecule has 0 fully saturated rings. The molecule has 0 saturated carbocycles. The molecule has 0 heterocycles. The molecule has 0 N–H and O–H groups in total. The van der Waals surface area contributed by atoms with Gasteiger partial charge in [-0.1, -0.05) is 0 Å². The van der Waals surface area contributed by atoms with Crippen LogP contribution in [-0.2, 0) is 32.5 Å². The van der Waals surface area contributed by atoms with Gasteiger partial charge in [0.1, 0.15) is 0 Å². The Balaban J connectivity index is 0.000000234. The normalized spacial score (nSPS) is 13.0. The quantitative estimate of drug-likeness (QED) is 0.146. The van der Waals surface area contributed by atoms with Crippen molar-refractivity contribution in [2.75, 3.05) is 0 Å². The zero-order valence-electron chi connectivity index (χ0n) is 41.9. The minimum absolute atomic E-state index is 0.182. The molecule has 0 spiro atoms. The summed E-state index contributed by atoms with van der Waals surface area (Å²) < 4.78 is 9.08. The van der Waals surface area contributed by atoms with Gasteiger partial charge in [-0.2, -0.15) is 0 Å². The van der Waals surface area contributed by atoms with Crippen LogP contribution in [0.1, 0.15) is 158 Å². The Bertz CT molecular complexity index is 1870. The second-order valence-electron chi connectivity index (χ2n) is 23.7. The summed E-state index contributed by atoms with van der Waals surface area (Å²) in [7, 11) is 0. The van der Waals surface area contributed by atoms with E-state index < -0.39 is 28.7 Å². The van der Waals surface area contributed by atoms with Crippen molar-refractivity contribution in [1.29, 1.82) is 0 Å². The fourth-order valence-corrected chi connectivity index (χ4v) is 18.3. The van der Waals surface area contributed by atoms with Crippen LogP contribution in [0.15, 0.2) is 146 Å². The molecule has 6 rings (SSSR count). The van der Waals surface area contributed by atoms with E-state index in [0.29, 0.717) is 0 Å². The Morgan fingerprint density at radius 2 is 0.274 bits per heavy atom. The van der Waals surface area contributed by atoms with Crippen molar-refractivity contribution in [3.8, 4) is 0 Å². The van der Waals surface area contributed by atoms with Gasteiger partial charge in [0.05, 0.1) is 0 Å². The molecule has 0 aliphatic heterocycles. The fraction of sp³-hybridized carbons (Fsp3) is 0.400. The fourth-order valence-electron chi connectivity index (χ4n) is 7.82. The molecule has 326 valence electrons. The summed E-state index contributed by atoms with van der Waals surface area (Å²) in [4.78, 5) is 0. The van der Waals surface area contributed by atoms with Crippen LogP contribution < -0.4 is 26.4 Å². The molecule has 2 heteroatoms. The summed E-state index contributed by atoms with van der Waals surface area (Å²) in [5.41, 5.74) is 9.51. The number of rotatable bonds is 6. The third kappa shape index (κ3) is 12.8. The average Bonchev–Trinajstić information content (AvgIpc) is 3.18. The number of hydrogen-bond acceptors (Lipinski definition) is 0. The Kier molecular flexibility index (Phi) is 15.0. The summed E-state index contributed by atoms with van der Waals surface area (Å²) in [6.45, 7) is 41.2. The van der Waals surface area contributed by atoms with Crippen LogP contribution in [0.2, 0.25) is 0 Å². The molecule has 0 bridgehead atoms. The SMILES string of the molecule is CC(C)(C)c1cc[c]([Ge]([c]2ccc(C(C)(C)C)cc2)[c]2ccc(C(C)(C)C)cc2)cc1.CC(C)(C)c1cc[c]([Ge]([c]2ccc(C(C)(C)C)cc2)[c]2ccc(C(C)(C)C)cc2)cc1. The monoisotopic (exact) mass is 946 g/mol. The molecule has 0 aliphatic carbocycles. The van der Waals surface area contributed by atoms with E-state index in [1.54, 1.807) is 0 Å². The maximum atomic E-state index is 2.39. The van der Waals surface area contributed by atoms with Crippen molar-refractivity contribution in [3.05, 3.63) is 179 Å². The molecule has 2 radical (unpaired) electrons. The van der Waals surface area contributed by atoms with Gasteiger partial charge in [0, 0.05) is 0 Å². The van der Waals surface area contributed by atoms with E-state index in [0.717, 1.165) is 0 Å². The molecule has 0 nitrogen and oxygen atoms in total. The molecule has 0 aliphatic rings. The van der Waals surface area contributed by atoms with Gasteiger partial charge in [-0.3, -0.25) is 0 Å². The third-order valence-electron chi connectivity index (χ3n) is 12.2. The number of hydrogen-bond donors (Lipinski definition) is 0. The zero-order valence-corrected chi connectivity index (χ0v) is 46.1. The predicted molar refractivity (Wildman–Crippen MR) is 280 cm³/mol. The summed E-state index contributed by atoms with van der Waals surface area (Å²) >= 11 is -3.77. The Labute approximate surface area is 388 Å². The number of benzene rings is 6. The van der Waals surface area contributed by atoms with E-state index in [2.05, 4.69) is 270 Å². The first-order chi connectivity index (χ1) is 28.5. The molecular weight excluding hydrogens is 866 g/mol. The first-order valence-electron chi connectivity index (χ1n) is 22.9. The molecule has 6 aromatic carbocycles. The van der Waals surface area contributed by atoms with Crippen LogP contribution in [0.25, 0.3) is 0 Å². The van der Waals surface area contributed by atoms with Gasteiger partial charge >= 0.3 is 391 Å². The summed E-state index contributed by atoms with van der Waals surface area (Å²) in [6, 6.07) is 56.8. The van der Waals surface area contributed by atoms with Crippen LogP contribution in [0, 0.1) is 0 Å². The molecular formula is C60H78Ge2. The molecule has 0 unspecified atom stereocenters.